The predicted molar refractivity (Wildman–Crippen MR) is 70.9 cm³/mol. The Morgan fingerprint density at radius 3 is 2.44 bits per heavy atom. The summed E-state index contributed by atoms with van der Waals surface area (Å²) in [5.74, 6) is 0. The third kappa shape index (κ3) is 3.44. The topological polar surface area (TPSA) is 18.5 Å². The molecule has 0 aromatic rings. The SMILES string of the molecule is CCNC(C)C(C)N1CCN(CC)C(C)C1. The number of hydrogen-bond acceptors (Lipinski definition) is 3. The van der Waals surface area contributed by atoms with Crippen molar-refractivity contribution in [2.75, 3.05) is 32.7 Å². The Balaban J connectivity index is 2.44. The van der Waals surface area contributed by atoms with E-state index in [1.54, 1.807) is 0 Å². The van der Waals surface area contributed by atoms with Crippen LogP contribution in [0.2, 0.25) is 0 Å². The highest BCUT2D eigenvalue weighted by Crippen LogP contribution is 2.13. The van der Waals surface area contributed by atoms with Gasteiger partial charge in [0.15, 0.2) is 0 Å². The Morgan fingerprint density at radius 2 is 1.94 bits per heavy atom. The van der Waals surface area contributed by atoms with Crippen LogP contribution in [0.25, 0.3) is 0 Å². The molecule has 0 aromatic heterocycles. The summed E-state index contributed by atoms with van der Waals surface area (Å²) in [5.41, 5.74) is 0. The number of rotatable bonds is 5. The van der Waals surface area contributed by atoms with E-state index in [0.29, 0.717) is 18.1 Å². The lowest BCUT2D eigenvalue weighted by molar-refractivity contribution is 0.0539. The normalized spacial score (nSPS) is 27.9. The Kier molecular flexibility index (Phi) is 5.73. The number of piperazine rings is 1. The molecule has 1 N–H and O–H groups in total. The largest absolute Gasteiger partial charge is 0.313 e. The van der Waals surface area contributed by atoms with Crippen LogP contribution in [-0.4, -0.2) is 60.6 Å². The molecule has 0 aromatic carbocycles. The first kappa shape index (κ1) is 13.9. The van der Waals surface area contributed by atoms with Gasteiger partial charge in [-0.2, -0.15) is 0 Å². The molecule has 1 rings (SSSR count). The summed E-state index contributed by atoms with van der Waals surface area (Å²) in [5, 5.41) is 3.53. The fraction of sp³-hybridized carbons (Fsp3) is 1.00. The van der Waals surface area contributed by atoms with Crippen molar-refractivity contribution in [2.45, 2.75) is 52.7 Å². The number of likely N-dealkylation sites (N-methyl/N-ethyl adjacent to an activating group) is 2. The van der Waals surface area contributed by atoms with Gasteiger partial charge in [-0.25, -0.2) is 0 Å². The molecule has 1 saturated heterocycles. The third-order valence-electron chi connectivity index (χ3n) is 4.03. The van der Waals surface area contributed by atoms with Crippen molar-refractivity contribution >= 4 is 0 Å². The van der Waals surface area contributed by atoms with Gasteiger partial charge >= 0.3 is 0 Å². The van der Waals surface area contributed by atoms with Gasteiger partial charge in [0.05, 0.1) is 0 Å². The van der Waals surface area contributed by atoms with Gasteiger partial charge in [0.2, 0.25) is 0 Å². The average Bonchev–Trinajstić information content (AvgIpc) is 2.28. The van der Waals surface area contributed by atoms with Crippen LogP contribution in [0, 0.1) is 0 Å². The van der Waals surface area contributed by atoms with E-state index in [1.165, 1.54) is 26.2 Å². The molecule has 1 heterocycles. The minimum absolute atomic E-state index is 0.588. The molecule has 3 unspecified atom stereocenters. The van der Waals surface area contributed by atoms with E-state index in [4.69, 9.17) is 0 Å². The fourth-order valence-electron chi connectivity index (χ4n) is 2.67. The van der Waals surface area contributed by atoms with Crippen LogP contribution in [-0.2, 0) is 0 Å². The maximum absolute atomic E-state index is 3.53. The minimum atomic E-state index is 0.588. The number of nitrogens with one attached hydrogen (secondary N) is 1. The van der Waals surface area contributed by atoms with Crippen LogP contribution < -0.4 is 5.32 Å². The van der Waals surface area contributed by atoms with Gasteiger partial charge < -0.3 is 5.32 Å². The van der Waals surface area contributed by atoms with Crippen molar-refractivity contribution in [1.29, 1.82) is 0 Å². The van der Waals surface area contributed by atoms with Crippen molar-refractivity contribution < 1.29 is 0 Å². The second-order valence-electron chi connectivity index (χ2n) is 5.06. The van der Waals surface area contributed by atoms with Gasteiger partial charge in [-0.3, -0.25) is 9.80 Å². The van der Waals surface area contributed by atoms with Gasteiger partial charge in [-0.1, -0.05) is 13.8 Å². The molecule has 0 radical (unpaired) electrons. The first-order chi connectivity index (χ1) is 7.60. The zero-order valence-electron chi connectivity index (χ0n) is 11.7. The maximum atomic E-state index is 3.53. The summed E-state index contributed by atoms with van der Waals surface area (Å²) in [6.07, 6.45) is 0. The molecule has 3 nitrogen and oxygen atoms in total. The molecule has 1 aliphatic rings. The lowest BCUT2D eigenvalue weighted by Gasteiger charge is -2.43. The van der Waals surface area contributed by atoms with Gasteiger partial charge in [-0.05, 0) is 33.9 Å². The molecule has 3 heteroatoms. The lowest BCUT2D eigenvalue weighted by atomic mass is 10.1. The molecule has 1 aliphatic heterocycles. The molecule has 3 atom stereocenters. The Labute approximate surface area is 101 Å². The smallest absolute Gasteiger partial charge is 0.0219 e. The van der Waals surface area contributed by atoms with E-state index >= 15 is 0 Å². The monoisotopic (exact) mass is 227 g/mol. The Hall–Kier alpha value is -0.120. The molecule has 0 amide bonds. The molecular weight excluding hydrogens is 198 g/mol. The maximum Gasteiger partial charge on any atom is 0.0219 e. The quantitative estimate of drug-likeness (QED) is 0.766. The van der Waals surface area contributed by atoms with Gasteiger partial charge in [0, 0.05) is 37.8 Å². The molecule has 16 heavy (non-hydrogen) atoms. The van der Waals surface area contributed by atoms with Gasteiger partial charge in [-0.15, -0.1) is 0 Å². The zero-order valence-corrected chi connectivity index (χ0v) is 11.7. The zero-order chi connectivity index (χ0) is 12.1. The van der Waals surface area contributed by atoms with E-state index in [9.17, 15) is 0 Å². The van der Waals surface area contributed by atoms with Crippen LogP contribution in [0.3, 0.4) is 0 Å². The molecular formula is C13H29N3. The second kappa shape index (κ2) is 6.58. The van der Waals surface area contributed by atoms with Crippen LogP contribution in [0.4, 0.5) is 0 Å². The summed E-state index contributed by atoms with van der Waals surface area (Å²) in [7, 11) is 0. The summed E-state index contributed by atoms with van der Waals surface area (Å²) < 4.78 is 0. The molecule has 0 bridgehead atoms. The highest BCUT2D eigenvalue weighted by atomic mass is 15.3. The summed E-state index contributed by atoms with van der Waals surface area (Å²) in [4.78, 5) is 5.20. The lowest BCUT2D eigenvalue weighted by Crippen LogP contribution is -2.57. The fourth-order valence-corrected chi connectivity index (χ4v) is 2.67. The van der Waals surface area contributed by atoms with E-state index < -0.39 is 0 Å². The van der Waals surface area contributed by atoms with Gasteiger partial charge in [0.25, 0.3) is 0 Å². The Bertz CT molecular complexity index is 196. The highest BCUT2D eigenvalue weighted by Gasteiger charge is 2.27. The molecule has 1 fully saturated rings. The molecule has 96 valence electrons. The first-order valence-electron chi connectivity index (χ1n) is 6.81. The van der Waals surface area contributed by atoms with Crippen molar-refractivity contribution in [1.82, 2.24) is 15.1 Å². The van der Waals surface area contributed by atoms with Gasteiger partial charge in [0.1, 0.15) is 0 Å². The molecule has 0 saturated carbocycles. The Morgan fingerprint density at radius 1 is 1.25 bits per heavy atom. The first-order valence-corrected chi connectivity index (χ1v) is 6.81. The number of hydrogen-bond donors (Lipinski definition) is 1. The number of nitrogens with zero attached hydrogens (tertiary/aromatic N) is 2. The molecule has 0 aliphatic carbocycles. The standard InChI is InChI=1S/C13H29N3/c1-6-14-12(4)13(5)16-9-8-15(7-2)11(3)10-16/h11-14H,6-10H2,1-5H3. The van der Waals surface area contributed by atoms with Crippen molar-refractivity contribution in [3.05, 3.63) is 0 Å². The van der Waals surface area contributed by atoms with Crippen LogP contribution in [0.1, 0.15) is 34.6 Å². The van der Waals surface area contributed by atoms with Crippen molar-refractivity contribution in [2.24, 2.45) is 0 Å². The summed E-state index contributed by atoms with van der Waals surface area (Å²) >= 11 is 0. The van der Waals surface area contributed by atoms with Crippen LogP contribution in [0.5, 0.6) is 0 Å². The van der Waals surface area contributed by atoms with E-state index in [1.807, 2.05) is 0 Å². The van der Waals surface area contributed by atoms with Crippen LogP contribution >= 0.6 is 0 Å². The second-order valence-corrected chi connectivity index (χ2v) is 5.06. The van der Waals surface area contributed by atoms with E-state index in [0.717, 1.165) is 6.54 Å². The van der Waals surface area contributed by atoms with Crippen molar-refractivity contribution in [3.63, 3.8) is 0 Å². The predicted octanol–water partition coefficient (Wildman–Crippen LogP) is 1.40. The van der Waals surface area contributed by atoms with E-state index in [2.05, 4.69) is 49.7 Å². The summed E-state index contributed by atoms with van der Waals surface area (Å²) in [6, 6.07) is 1.93. The van der Waals surface area contributed by atoms with Crippen molar-refractivity contribution in [3.8, 4) is 0 Å². The average molecular weight is 227 g/mol. The third-order valence-corrected chi connectivity index (χ3v) is 4.03. The summed E-state index contributed by atoms with van der Waals surface area (Å²) in [6.45, 7) is 17.3. The minimum Gasteiger partial charge on any atom is -0.313 e. The highest BCUT2D eigenvalue weighted by molar-refractivity contribution is 4.85. The molecule has 0 spiro atoms. The van der Waals surface area contributed by atoms with E-state index in [-0.39, 0.29) is 0 Å². The van der Waals surface area contributed by atoms with Crippen LogP contribution in [0.15, 0.2) is 0 Å².